The summed E-state index contributed by atoms with van der Waals surface area (Å²) in [7, 11) is 0. The first-order chi connectivity index (χ1) is 14.6. The molecule has 0 fully saturated rings. The Morgan fingerprint density at radius 3 is 2.67 bits per heavy atom. The highest BCUT2D eigenvalue weighted by Gasteiger charge is 2.15. The van der Waals surface area contributed by atoms with Gasteiger partial charge >= 0.3 is 5.63 Å². The molecule has 146 valence electrons. The minimum atomic E-state index is -0.684. The molecule has 0 atom stereocenters. The molecule has 0 radical (unpaired) electrons. The Morgan fingerprint density at radius 2 is 1.77 bits per heavy atom. The minimum absolute atomic E-state index is 0.0589. The van der Waals surface area contributed by atoms with E-state index in [2.05, 4.69) is 10.3 Å². The van der Waals surface area contributed by atoms with Crippen molar-refractivity contribution in [3.63, 3.8) is 0 Å². The van der Waals surface area contributed by atoms with Crippen LogP contribution in [0.1, 0.15) is 15.9 Å². The van der Waals surface area contributed by atoms with Gasteiger partial charge < -0.3 is 14.2 Å². The molecule has 6 heteroatoms. The SMILES string of the molecule is Cc1ccc2nc(-c3cccc(NC(=O)c4cc5ccccc5oc4=O)c3)oc2c1. The predicted molar refractivity (Wildman–Crippen MR) is 115 cm³/mol. The fourth-order valence-corrected chi connectivity index (χ4v) is 3.30. The predicted octanol–water partition coefficient (Wildman–Crippen LogP) is 5.16. The zero-order valence-electron chi connectivity index (χ0n) is 16.0. The first-order valence-electron chi connectivity index (χ1n) is 9.39. The molecule has 1 amide bonds. The van der Waals surface area contributed by atoms with Crippen molar-refractivity contribution in [2.75, 3.05) is 5.32 Å². The largest absolute Gasteiger partial charge is 0.436 e. The van der Waals surface area contributed by atoms with Gasteiger partial charge in [-0.3, -0.25) is 4.79 Å². The van der Waals surface area contributed by atoms with Crippen LogP contribution in [0.2, 0.25) is 0 Å². The number of benzene rings is 3. The molecule has 2 aromatic heterocycles. The molecule has 6 nitrogen and oxygen atoms in total. The lowest BCUT2D eigenvalue weighted by atomic mass is 10.1. The molecule has 30 heavy (non-hydrogen) atoms. The molecule has 0 saturated carbocycles. The van der Waals surface area contributed by atoms with Gasteiger partial charge in [0.15, 0.2) is 5.58 Å². The maximum Gasteiger partial charge on any atom is 0.349 e. The second-order valence-electron chi connectivity index (χ2n) is 7.01. The van der Waals surface area contributed by atoms with Crippen LogP contribution in [0.3, 0.4) is 0 Å². The van der Waals surface area contributed by atoms with Crippen molar-refractivity contribution in [3.8, 4) is 11.5 Å². The molecule has 0 aliphatic carbocycles. The van der Waals surface area contributed by atoms with Crippen LogP contribution in [-0.4, -0.2) is 10.9 Å². The van der Waals surface area contributed by atoms with Crippen LogP contribution in [0.4, 0.5) is 5.69 Å². The van der Waals surface area contributed by atoms with E-state index in [4.69, 9.17) is 8.83 Å². The van der Waals surface area contributed by atoms with Crippen molar-refractivity contribution >= 4 is 33.7 Å². The third-order valence-electron chi connectivity index (χ3n) is 4.80. The summed E-state index contributed by atoms with van der Waals surface area (Å²) in [5.41, 5.74) is 3.48. The molecule has 0 aliphatic rings. The third-order valence-corrected chi connectivity index (χ3v) is 4.80. The van der Waals surface area contributed by atoms with Gasteiger partial charge in [-0.2, -0.15) is 0 Å². The third kappa shape index (κ3) is 3.24. The van der Waals surface area contributed by atoms with Crippen LogP contribution < -0.4 is 10.9 Å². The van der Waals surface area contributed by atoms with Crippen LogP contribution in [0.15, 0.2) is 86.4 Å². The van der Waals surface area contributed by atoms with Gasteiger partial charge in [0, 0.05) is 16.6 Å². The van der Waals surface area contributed by atoms with Gasteiger partial charge in [-0.25, -0.2) is 9.78 Å². The van der Waals surface area contributed by atoms with Crippen LogP contribution in [0.25, 0.3) is 33.5 Å². The molecule has 3 aromatic carbocycles. The number of amides is 1. The second-order valence-corrected chi connectivity index (χ2v) is 7.01. The lowest BCUT2D eigenvalue weighted by molar-refractivity contribution is 0.102. The maximum atomic E-state index is 12.7. The Balaban J connectivity index is 1.46. The van der Waals surface area contributed by atoms with Crippen LogP contribution in [-0.2, 0) is 0 Å². The molecule has 0 bridgehead atoms. The van der Waals surface area contributed by atoms with Crippen molar-refractivity contribution in [3.05, 3.63) is 94.3 Å². The Bertz CT molecular complexity index is 1480. The lowest BCUT2D eigenvalue weighted by Crippen LogP contribution is -2.20. The number of aryl methyl sites for hydroxylation is 1. The molecule has 1 N–H and O–H groups in total. The Kier molecular flexibility index (Phi) is 4.17. The Morgan fingerprint density at radius 1 is 0.900 bits per heavy atom. The summed E-state index contributed by atoms with van der Waals surface area (Å²) in [5.74, 6) is -0.0863. The first kappa shape index (κ1) is 17.9. The van der Waals surface area contributed by atoms with E-state index in [0.29, 0.717) is 33.7 Å². The van der Waals surface area contributed by atoms with E-state index in [1.54, 1.807) is 36.4 Å². The highest BCUT2D eigenvalue weighted by atomic mass is 16.4. The first-order valence-corrected chi connectivity index (χ1v) is 9.39. The van der Waals surface area contributed by atoms with Gasteiger partial charge in [-0.1, -0.05) is 30.3 Å². The van der Waals surface area contributed by atoms with Gasteiger partial charge in [0.25, 0.3) is 5.91 Å². The zero-order valence-corrected chi connectivity index (χ0v) is 16.0. The zero-order chi connectivity index (χ0) is 20.7. The standard InChI is InChI=1S/C24H16N2O4/c1-14-9-10-19-21(11-14)29-23(26-19)16-6-4-7-17(12-16)25-22(27)18-13-15-5-2-3-8-20(15)30-24(18)28/h2-13H,1H3,(H,25,27). The molecule has 0 aliphatic heterocycles. The number of anilines is 1. The number of rotatable bonds is 3. The average Bonchev–Trinajstić information content (AvgIpc) is 3.16. The van der Waals surface area contributed by atoms with Gasteiger partial charge in [0.05, 0.1) is 0 Å². The van der Waals surface area contributed by atoms with Crippen molar-refractivity contribution < 1.29 is 13.6 Å². The molecule has 0 unspecified atom stereocenters. The van der Waals surface area contributed by atoms with E-state index in [9.17, 15) is 9.59 Å². The van der Waals surface area contributed by atoms with E-state index in [0.717, 1.165) is 11.1 Å². The fraction of sp³-hybridized carbons (Fsp3) is 0.0417. The molecular formula is C24H16N2O4. The number of carbonyl (C=O) groups excluding carboxylic acids is 1. The van der Waals surface area contributed by atoms with Crippen molar-refractivity contribution in [1.82, 2.24) is 4.98 Å². The Labute approximate surface area is 170 Å². The smallest absolute Gasteiger partial charge is 0.349 e. The summed E-state index contributed by atoms with van der Waals surface area (Å²) in [5, 5.41) is 3.43. The maximum absolute atomic E-state index is 12.7. The van der Waals surface area contributed by atoms with E-state index < -0.39 is 11.5 Å². The summed E-state index contributed by atoms with van der Waals surface area (Å²) in [6.45, 7) is 1.99. The van der Waals surface area contributed by atoms with Crippen LogP contribution >= 0.6 is 0 Å². The normalized spacial score (nSPS) is 11.1. The van der Waals surface area contributed by atoms with E-state index in [1.807, 2.05) is 37.3 Å². The molecule has 5 rings (SSSR count). The molecule has 0 saturated heterocycles. The molecule has 2 heterocycles. The number of carbonyl (C=O) groups is 1. The summed E-state index contributed by atoms with van der Waals surface area (Å²) in [4.78, 5) is 29.4. The molecular weight excluding hydrogens is 380 g/mol. The second kappa shape index (κ2) is 7.00. The number of hydrogen-bond acceptors (Lipinski definition) is 5. The number of fused-ring (bicyclic) bond motifs is 2. The summed E-state index contributed by atoms with van der Waals surface area (Å²) in [6, 6.07) is 21.5. The summed E-state index contributed by atoms with van der Waals surface area (Å²) in [6.07, 6.45) is 0. The number of aromatic nitrogens is 1. The summed E-state index contributed by atoms with van der Waals surface area (Å²) < 4.78 is 11.1. The average molecular weight is 396 g/mol. The van der Waals surface area contributed by atoms with Crippen LogP contribution in [0, 0.1) is 6.92 Å². The van der Waals surface area contributed by atoms with E-state index in [-0.39, 0.29) is 5.56 Å². The quantitative estimate of drug-likeness (QED) is 0.426. The van der Waals surface area contributed by atoms with E-state index >= 15 is 0 Å². The topological polar surface area (TPSA) is 85.3 Å². The molecule has 5 aromatic rings. The van der Waals surface area contributed by atoms with Crippen molar-refractivity contribution in [1.29, 1.82) is 0 Å². The number of nitrogens with one attached hydrogen (secondary N) is 1. The van der Waals surface area contributed by atoms with E-state index in [1.165, 1.54) is 6.07 Å². The number of hydrogen-bond donors (Lipinski definition) is 1. The highest BCUT2D eigenvalue weighted by molar-refractivity contribution is 6.05. The molecule has 0 spiro atoms. The van der Waals surface area contributed by atoms with Gasteiger partial charge in [-0.15, -0.1) is 0 Å². The lowest BCUT2D eigenvalue weighted by Gasteiger charge is -2.06. The van der Waals surface area contributed by atoms with Crippen molar-refractivity contribution in [2.24, 2.45) is 0 Å². The highest BCUT2D eigenvalue weighted by Crippen LogP contribution is 2.27. The fourth-order valence-electron chi connectivity index (χ4n) is 3.30. The number of nitrogens with zero attached hydrogens (tertiary/aromatic N) is 1. The van der Waals surface area contributed by atoms with Crippen molar-refractivity contribution in [2.45, 2.75) is 6.92 Å². The van der Waals surface area contributed by atoms with Gasteiger partial charge in [-0.05, 0) is 55.0 Å². The van der Waals surface area contributed by atoms with Gasteiger partial charge in [0.2, 0.25) is 5.89 Å². The monoisotopic (exact) mass is 396 g/mol. The number of para-hydroxylation sites is 1. The van der Waals surface area contributed by atoms with Gasteiger partial charge in [0.1, 0.15) is 16.7 Å². The minimum Gasteiger partial charge on any atom is -0.436 e. The number of oxazole rings is 1. The van der Waals surface area contributed by atoms with Crippen LogP contribution in [0.5, 0.6) is 0 Å². The Hall–Kier alpha value is -4.19. The summed E-state index contributed by atoms with van der Waals surface area (Å²) >= 11 is 0.